The van der Waals surface area contributed by atoms with Crippen LogP contribution in [0.25, 0.3) is 0 Å². The molecule has 7 N–H and O–H groups in total. The Balaban J connectivity index is 1.26. The summed E-state index contributed by atoms with van der Waals surface area (Å²) in [6.07, 6.45) is 4.93. The van der Waals surface area contributed by atoms with Gasteiger partial charge in [-0.25, -0.2) is 22.5 Å². The molecule has 0 saturated heterocycles. The van der Waals surface area contributed by atoms with E-state index in [9.17, 15) is 17.6 Å². The number of ether oxygens (including phenoxy) is 3. The molecule has 0 aliphatic heterocycles. The number of nitrogens with two attached hydrogens (primary N) is 2. The molecule has 52 heavy (non-hydrogen) atoms. The zero-order valence-electron chi connectivity index (χ0n) is 29.7. The third-order valence-electron chi connectivity index (χ3n) is 8.29. The van der Waals surface area contributed by atoms with Crippen LogP contribution in [0.4, 0.5) is 33.2 Å². The van der Waals surface area contributed by atoms with Crippen molar-refractivity contribution in [3.63, 3.8) is 0 Å². The summed E-state index contributed by atoms with van der Waals surface area (Å²) in [5, 5.41) is 10.2. The molecule has 0 radical (unpaired) electrons. The SMILES string of the molecule is CCC(C)(CCNS(=O)(=O)c1ccc(Nc2ncc(Br)c(Nc3cccc(F)c3C(N)=O)n2)cc1)OCCC(C)(C)OCCn1cc(N)c(OC)n1. The van der Waals surface area contributed by atoms with E-state index < -0.39 is 32.9 Å². The highest BCUT2D eigenvalue weighted by Crippen LogP contribution is 2.29. The number of sulfonamides is 1. The Labute approximate surface area is 311 Å². The summed E-state index contributed by atoms with van der Waals surface area (Å²) < 4.78 is 62.7. The van der Waals surface area contributed by atoms with Gasteiger partial charge >= 0.3 is 0 Å². The number of carbonyl (C=O) groups excluding carboxylic acids is 1. The summed E-state index contributed by atoms with van der Waals surface area (Å²) in [5.74, 6) is -0.928. The van der Waals surface area contributed by atoms with Crippen molar-refractivity contribution in [3.05, 3.63) is 70.7 Å². The van der Waals surface area contributed by atoms with Gasteiger partial charge in [0.05, 0.1) is 64.9 Å². The molecule has 1 atom stereocenters. The van der Waals surface area contributed by atoms with Crippen LogP contribution in [0, 0.1) is 5.82 Å². The minimum atomic E-state index is -3.81. The number of hydrogen-bond donors (Lipinski definition) is 5. The molecule has 0 aliphatic carbocycles. The van der Waals surface area contributed by atoms with Gasteiger partial charge in [-0.2, -0.15) is 4.98 Å². The Morgan fingerprint density at radius 3 is 2.44 bits per heavy atom. The van der Waals surface area contributed by atoms with Gasteiger partial charge in [-0.05, 0) is 92.4 Å². The standard InChI is InChI=1S/C34H45BrFN9O6S/c1-6-34(4,51-18-15-33(2,3)50-19-17-45-21-26(37)31(44-45)49-5)14-16-40-52(47,48)23-12-10-22(11-13-23)41-32-39-20-24(35)30(43-32)42-27-9-7-8-25(36)28(27)29(38)46/h7-13,20-21,40H,6,14-19,37H2,1-5H3,(H2,38,46)(H2,39,41,42,43). The number of aromatic nitrogens is 4. The normalized spacial score (nSPS) is 13.1. The zero-order valence-corrected chi connectivity index (χ0v) is 32.1. The van der Waals surface area contributed by atoms with Gasteiger partial charge in [-0.15, -0.1) is 5.10 Å². The van der Waals surface area contributed by atoms with Crippen LogP contribution in [0.5, 0.6) is 5.88 Å². The summed E-state index contributed by atoms with van der Waals surface area (Å²) in [6, 6.07) is 10.1. The van der Waals surface area contributed by atoms with Gasteiger partial charge in [-0.3, -0.25) is 9.48 Å². The first-order valence-electron chi connectivity index (χ1n) is 16.4. The Morgan fingerprint density at radius 1 is 1.06 bits per heavy atom. The molecule has 1 amide bonds. The maximum atomic E-state index is 14.2. The number of halogens is 2. The molecule has 18 heteroatoms. The van der Waals surface area contributed by atoms with Crippen LogP contribution in [0.1, 0.15) is 57.3 Å². The van der Waals surface area contributed by atoms with Crippen molar-refractivity contribution in [1.29, 1.82) is 0 Å². The smallest absolute Gasteiger partial charge is 0.256 e. The van der Waals surface area contributed by atoms with Crippen LogP contribution < -0.4 is 31.6 Å². The number of methoxy groups -OCH3 is 1. The van der Waals surface area contributed by atoms with Crippen LogP contribution in [0.3, 0.4) is 0 Å². The topological polar surface area (TPSA) is 211 Å². The minimum Gasteiger partial charge on any atom is -0.478 e. The van der Waals surface area contributed by atoms with Gasteiger partial charge in [0.15, 0.2) is 0 Å². The lowest BCUT2D eigenvalue weighted by Crippen LogP contribution is -2.36. The molecule has 2 aromatic carbocycles. The summed E-state index contributed by atoms with van der Waals surface area (Å²) in [4.78, 5) is 20.5. The molecule has 0 bridgehead atoms. The molecule has 2 heterocycles. The fraction of sp³-hybridized carbons (Fsp3) is 0.412. The fourth-order valence-corrected chi connectivity index (χ4v) is 6.30. The second kappa shape index (κ2) is 17.4. The van der Waals surface area contributed by atoms with E-state index in [0.29, 0.717) is 60.7 Å². The van der Waals surface area contributed by atoms with E-state index in [1.807, 2.05) is 27.7 Å². The van der Waals surface area contributed by atoms with E-state index in [0.717, 1.165) is 6.07 Å². The first-order valence-corrected chi connectivity index (χ1v) is 18.7. The number of primary amides is 1. The average Bonchev–Trinajstić information content (AvgIpc) is 3.45. The minimum absolute atomic E-state index is 0.0801. The molecule has 0 fully saturated rings. The van der Waals surface area contributed by atoms with Crippen molar-refractivity contribution in [1.82, 2.24) is 24.5 Å². The van der Waals surface area contributed by atoms with E-state index in [2.05, 4.69) is 46.4 Å². The van der Waals surface area contributed by atoms with Crippen LogP contribution in [-0.4, -0.2) is 72.1 Å². The molecule has 4 rings (SSSR count). The van der Waals surface area contributed by atoms with Gasteiger partial charge in [0.25, 0.3) is 11.8 Å². The van der Waals surface area contributed by atoms with Crippen molar-refractivity contribution in [2.75, 3.05) is 43.2 Å². The molecule has 1 unspecified atom stereocenters. The van der Waals surface area contributed by atoms with E-state index in [-0.39, 0.29) is 34.5 Å². The zero-order chi connectivity index (χ0) is 38.1. The quantitative estimate of drug-likeness (QED) is 0.0751. The maximum absolute atomic E-state index is 14.2. The summed E-state index contributed by atoms with van der Waals surface area (Å²) >= 11 is 3.34. The lowest BCUT2D eigenvalue weighted by atomic mass is 9.98. The molecule has 15 nitrogen and oxygen atoms in total. The van der Waals surface area contributed by atoms with Crippen molar-refractivity contribution in [3.8, 4) is 5.88 Å². The summed E-state index contributed by atoms with van der Waals surface area (Å²) in [5.41, 5.74) is 11.0. The summed E-state index contributed by atoms with van der Waals surface area (Å²) in [7, 11) is -2.30. The highest BCUT2D eigenvalue weighted by molar-refractivity contribution is 9.10. The second-order valence-corrected chi connectivity index (χ2v) is 15.3. The predicted octanol–water partition coefficient (Wildman–Crippen LogP) is 5.49. The highest BCUT2D eigenvalue weighted by atomic mass is 79.9. The number of nitrogen functional groups attached to an aromatic ring is 1. The van der Waals surface area contributed by atoms with Crippen LogP contribution in [-0.2, 0) is 26.0 Å². The lowest BCUT2D eigenvalue weighted by molar-refractivity contribution is -0.0830. The Morgan fingerprint density at radius 2 is 1.79 bits per heavy atom. The van der Waals surface area contributed by atoms with Crippen molar-refractivity contribution in [2.45, 2.75) is 69.6 Å². The van der Waals surface area contributed by atoms with E-state index in [4.69, 9.17) is 25.7 Å². The van der Waals surface area contributed by atoms with Crippen molar-refractivity contribution < 1.29 is 31.8 Å². The average molecular weight is 807 g/mol. The number of amides is 1. The molecule has 0 aliphatic rings. The van der Waals surface area contributed by atoms with Crippen molar-refractivity contribution in [2.24, 2.45) is 5.73 Å². The molecule has 2 aromatic heterocycles. The third-order valence-corrected chi connectivity index (χ3v) is 10.3. The first-order chi connectivity index (χ1) is 24.5. The van der Waals surface area contributed by atoms with Crippen LogP contribution in [0.15, 0.2) is 64.2 Å². The predicted molar refractivity (Wildman–Crippen MR) is 200 cm³/mol. The van der Waals surface area contributed by atoms with Gasteiger partial charge < -0.3 is 36.3 Å². The van der Waals surface area contributed by atoms with Gasteiger partial charge in [0.2, 0.25) is 16.0 Å². The highest BCUT2D eigenvalue weighted by Gasteiger charge is 2.26. The molecular weight excluding hydrogens is 761 g/mol. The van der Waals surface area contributed by atoms with Crippen LogP contribution in [0.2, 0.25) is 0 Å². The number of hydrogen-bond acceptors (Lipinski definition) is 12. The second-order valence-electron chi connectivity index (χ2n) is 12.7. The number of nitrogens with zero attached hydrogens (tertiary/aromatic N) is 4. The maximum Gasteiger partial charge on any atom is 0.256 e. The largest absolute Gasteiger partial charge is 0.478 e. The monoisotopic (exact) mass is 805 g/mol. The number of rotatable bonds is 20. The van der Waals surface area contributed by atoms with Gasteiger partial charge in [0, 0.05) is 18.4 Å². The van der Waals surface area contributed by atoms with Crippen molar-refractivity contribution >= 4 is 60.7 Å². The number of anilines is 5. The first kappa shape index (κ1) is 40.4. The molecule has 0 saturated carbocycles. The van der Waals surface area contributed by atoms with Crippen LogP contribution >= 0.6 is 15.9 Å². The van der Waals surface area contributed by atoms with E-state index >= 15 is 0 Å². The fourth-order valence-electron chi connectivity index (χ4n) is 4.98. The number of benzene rings is 2. The Kier molecular flexibility index (Phi) is 13.6. The van der Waals surface area contributed by atoms with E-state index in [1.54, 1.807) is 23.0 Å². The Bertz CT molecular complexity index is 1950. The Hall–Kier alpha value is -4.36. The molecule has 282 valence electrons. The molecular formula is C34H45BrFN9O6S. The third kappa shape index (κ3) is 11.1. The van der Waals surface area contributed by atoms with Gasteiger partial charge in [-0.1, -0.05) is 13.0 Å². The molecule has 4 aromatic rings. The number of nitrogens with one attached hydrogen (secondary N) is 3. The van der Waals surface area contributed by atoms with Gasteiger partial charge in [0.1, 0.15) is 17.3 Å². The number of carbonyl (C=O) groups is 1. The molecule has 0 spiro atoms. The lowest BCUT2D eigenvalue weighted by Gasteiger charge is -2.32. The summed E-state index contributed by atoms with van der Waals surface area (Å²) in [6.45, 7) is 9.49. The van der Waals surface area contributed by atoms with E-state index in [1.165, 1.54) is 37.6 Å².